The lowest BCUT2D eigenvalue weighted by atomic mass is 10.0. The van der Waals surface area contributed by atoms with Gasteiger partial charge in [-0.05, 0) is 53.7 Å². The number of amides is 1. The van der Waals surface area contributed by atoms with Gasteiger partial charge in [0.25, 0.3) is 5.91 Å². The topological polar surface area (TPSA) is 41.9 Å². The van der Waals surface area contributed by atoms with E-state index in [4.69, 9.17) is 4.74 Å². The monoisotopic (exact) mass is 388 g/mol. The van der Waals surface area contributed by atoms with Crippen LogP contribution in [0.2, 0.25) is 0 Å². The van der Waals surface area contributed by atoms with E-state index in [2.05, 4.69) is 11.1 Å². The number of hydrogen-bond donors (Lipinski definition) is 0. The Morgan fingerprint density at radius 2 is 1.79 bits per heavy atom. The molecule has 140 valence electrons. The Morgan fingerprint density at radius 3 is 2.54 bits per heavy atom. The predicted molar refractivity (Wildman–Crippen MR) is 117 cm³/mol. The summed E-state index contributed by atoms with van der Waals surface area (Å²) in [5.41, 5.74) is 2.91. The van der Waals surface area contributed by atoms with Gasteiger partial charge in [0.15, 0.2) is 5.17 Å². The molecule has 28 heavy (non-hydrogen) atoms. The van der Waals surface area contributed by atoms with Crippen molar-refractivity contribution in [3.8, 4) is 5.75 Å². The summed E-state index contributed by atoms with van der Waals surface area (Å²) in [5, 5.41) is 2.82. The van der Waals surface area contributed by atoms with Crippen molar-refractivity contribution in [2.45, 2.75) is 6.92 Å². The van der Waals surface area contributed by atoms with Crippen LogP contribution in [-0.4, -0.2) is 30.1 Å². The molecule has 0 aromatic heterocycles. The lowest BCUT2D eigenvalue weighted by Gasteiger charge is -2.09. The van der Waals surface area contributed by atoms with Crippen LogP contribution in [0, 0.1) is 6.92 Å². The van der Waals surface area contributed by atoms with E-state index in [0.29, 0.717) is 10.1 Å². The molecule has 1 amide bonds. The molecule has 0 unspecified atom stereocenters. The molecule has 0 saturated carbocycles. The van der Waals surface area contributed by atoms with Gasteiger partial charge in [0, 0.05) is 12.6 Å². The van der Waals surface area contributed by atoms with Gasteiger partial charge in [-0.15, -0.1) is 0 Å². The van der Waals surface area contributed by atoms with Crippen molar-refractivity contribution in [3.05, 3.63) is 76.7 Å². The van der Waals surface area contributed by atoms with Crippen molar-refractivity contribution in [2.75, 3.05) is 14.2 Å². The van der Waals surface area contributed by atoms with Gasteiger partial charge in [-0.3, -0.25) is 9.69 Å². The molecule has 0 bridgehead atoms. The number of benzene rings is 3. The molecular formula is C23H20N2O2S. The number of rotatable bonds is 3. The molecule has 1 saturated heterocycles. The fraction of sp³-hybridized carbons (Fsp3) is 0.130. The number of carbonyl (C=O) groups is 1. The highest BCUT2D eigenvalue weighted by Crippen LogP contribution is 2.37. The van der Waals surface area contributed by atoms with Crippen LogP contribution in [0.5, 0.6) is 5.75 Å². The lowest BCUT2D eigenvalue weighted by Crippen LogP contribution is -2.23. The van der Waals surface area contributed by atoms with Crippen molar-refractivity contribution in [1.29, 1.82) is 0 Å². The molecule has 1 aliphatic rings. The second kappa shape index (κ2) is 7.52. The first-order chi connectivity index (χ1) is 13.6. The largest absolute Gasteiger partial charge is 0.496 e. The first kappa shape index (κ1) is 18.3. The Labute approximate surface area is 168 Å². The van der Waals surface area contributed by atoms with E-state index >= 15 is 0 Å². The van der Waals surface area contributed by atoms with Crippen LogP contribution in [0.1, 0.15) is 11.1 Å². The molecule has 5 heteroatoms. The van der Waals surface area contributed by atoms with Crippen LogP contribution in [0.15, 0.2) is 70.6 Å². The molecule has 0 aliphatic carbocycles. The molecule has 0 atom stereocenters. The fourth-order valence-corrected chi connectivity index (χ4v) is 4.08. The van der Waals surface area contributed by atoms with Gasteiger partial charge in [-0.2, -0.15) is 0 Å². The fourth-order valence-electron chi connectivity index (χ4n) is 3.11. The van der Waals surface area contributed by atoms with Crippen molar-refractivity contribution < 1.29 is 9.53 Å². The molecule has 0 radical (unpaired) electrons. The van der Waals surface area contributed by atoms with Gasteiger partial charge >= 0.3 is 0 Å². The van der Waals surface area contributed by atoms with E-state index in [9.17, 15) is 4.79 Å². The third-order valence-electron chi connectivity index (χ3n) is 4.69. The Bertz CT molecular complexity index is 1120. The van der Waals surface area contributed by atoms with E-state index < -0.39 is 0 Å². The minimum atomic E-state index is -0.0640. The summed E-state index contributed by atoms with van der Waals surface area (Å²) in [4.78, 5) is 19.7. The van der Waals surface area contributed by atoms with E-state index in [1.807, 2.05) is 67.6 Å². The first-order valence-electron chi connectivity index (χ1n) is 8.95. The van der Waals surface area contributed by atoms with Gasteiger partial charge < -0.3 is 4.74 Å². The van der Waals surface area contributed by atoms with Crippen LogP contribution in [0.3, 0.4) is 0 Å². The smallest absolute Gasteiger partial charge is 0.266 e. The normalized spacial score (nSPS) is 17.1. The Hall–Kier alpha value is -3.05. The maximum atomic E-state index is 12.8. The van der Waals surface area contributed by atoms with Crippen molar-refractivity contribution in [1.82, 2.24) is 4.90 Å². The zero-order valence-corrected chi connectivity index (χ0v) is 16.8. The molecule has 4 nitrogen and oxygen atoms in total. The third kappa shape index (κ3) is 3.41. The Kier molecular flexibility index (Phi) is 4.92. The van der Waals surface area contributed by atoms with Gasteiger partial charge in [0.1, 0.15) is 5.75 Å². The molecule has 3 aromatic carbocycles. The maximum Gasteiger partial charge on any atom is 0.266 e. The SMILES string of the molecule is COc1ccc2ccccc2c1/C=C1/SC(=Nc2ccc(C)cc2)N(C)C1=O. The zero-order chi connectivity index (χ0) is 19.7. The highest BCUT2D eigenvalue weighted by atomic mass is 32.2. The zero-order valence-electron chi connectivity index (χ0n) is 16.0. The second-order valence-electron chi connectivity index (χ2n) is 6.61. The van der Waals surface area contributed by atoms with Gasteiger partial charge in [-0.25, -0.2) is 4.99 Å². The van der Waals surface area contributed by atoms with Crippen LogP contribution in [0.4, 0.5) is 5.69 Å². The van der Waals surface area contributed by atoms with Crippen molar-refractivity contribution in [3.63, 3.8) is 0 Å². The minimum Gasteiger partial charge on any atom is -0.496 e. The van der Waals surface area contributed by atoms with Crippen LogP contribution in [0.25, 0.3) is 16.8 Å². The third-order valence-corrected chi connectivity index (χ3v) is 5.75. The van der Waals surface area contributed by atoms with Crippen LogP contribution in [-0.2, 0) is 4.79 Å². The molecule has 0 spiro atoms. The highest BCUT2D eigenvalue weighted by Gasteiger charge is 2.30. The van der Waals surface area contributed by atoms with Gasteiger partial charge in [0.2, 0.25) is 0 Å². The number of likely N-dealkylation sites (N-methyl/N-ethyl adjacent to an activating group) is 1. The number of amidine groups is 1. The molecule has 1 fully saturated rings. The summed E-state index contributed by atoms with van der Waals surface area (Å²) in [5.74, 6) is 0.678. The molecule has 4 rings (SSSR count). The number of aliphatic imine (C=N–C) groups is 1. The summed E-state index contributed by atoms with van der Waals surface area (Å²) in [6.45, 7) is 2.04. The lowest BCUT2D eigenvalue weighted by molar-refractivity contribution is -0.121. The second-order valence-corrected chi connectivity index (χ2v) is 7.62. The molecule has 0 N–H and O–H groups in total. The van der Waals surface area contributed by atoms with Crippen molar-refractivity contribution >= 4 is 45.4 Å². The summed E-state index contributed by atoms with van der Waals surface area (Å²) in [7, 11) is 3.40. The predicted octanol–water partition coefficient (Wildman–Crippen LogP) is 5.39. The van der Waals surface area contributed by atoms with E-state index in [1.165, 1.54) is 17.3 Å². The standard InChI is InChI=1S/C23H20N2O2S/c1-15-8-11-17(12-9-15)24-23-25(2)22(26)21(28-23)14-19-18-7-5-4-6-16(18)10-13-20(19)27-3/h4-14H,1-3H3/b21-14+,24-23?. The molecule has 3 aromatic rings. The van der Waals surface area contributed by atoms with E-state index in [1.54, 1.807) is 19.1 Å². The Balaban J connectivity index is 1.76. The first-order valence-corrected chi connectivity index (χ1v) is 9.77. The van der Waals surface area contributed by atoms with Gasteiger partial charge in [0.05, 0.1) is 17.7 Å². The van der Waals surface area contributed by atoms with Crippen molar-refractivity contribution in [2.24, 2.45) is 4.99 Å². The maximum absolute atomic E-state index is 12.8. The number of aryl methyl sites for hydroxylation is 1. The summed E-state index contributed by atoms with van der Waals surface area (Å²) >= 11 is 1.38. The summed E-state index contributed by atoms with van der Waals surface area (Å²) in [6.07, 6.45) is 1.91. The van der Waals surface area contributed by atoms with Crippen LogP contribution >= 0.6 is 11.8 Å². The number of carbonyl (C=O) groups excluding carboxylic acids is 1. The average molecular weight is 388 g/mol. The molecular weight excluding hydrogens is 368 g/mol. The molecule has 1 heterocycles. The number of methoxy groups -OCH3 is 1. The summed E-state index contributed by atoms with van der Waals surface area (Å²) < 4.78 is 5.55. The molecule has 1 aliphatic heterocycles. The highest BCUT2D eigenvalue weighted by molar-refractivity contribution is 8.18. The van der Waals surface area contributed by atoms with Gasteiger partial charge in [-0.1, -0.05) is 48.0 Å². The number of thioether (sulfide) groups is 1. The van der Waals surface area contributed by atoms with E-state index in [-0.39, 0.29) is 5.91 Å². The van der Waals surface area contributed by atoms with E-state index in [0.717, 1.165) is 27.8 Å². The number of fused-ring (bicyclic) bond motifs is 1. The Morgan fingerprint density at radius 1 is 1.04 bits per heavy atom. The number of nitrogens with zero attached hydrogens (tertiary/aromatic N) is 2. The minimum absolute atomic E-state index is 0.0640. The number of hydrogen-bond acceptors (Lipinski definition) is 4. The summed E-state index contributed by atoms with van der Waals surface area (Å²) in [6, 6.07) is 20.0. The van der Waals surface area contributed by atoms with Crippen LogP contribution < -0.4 is 4.74 Å². The number of ether oxygens (including phenoxy) is 1. The average Bonchev–Trinajstić information content (AvgIpc) is 2.98. The quantitative estimate of drug-likeness (QED) is 0.565.